The maximum atomic E-state index is 12.6. The van der Waals surface area contributed by atoms with Gasteiger partial charge < -0.3 is 9.47 Å². The first-order valence-electron chi connectivity index (χ1n) is 7.93. The Hall–Kier alpha value is -2.24. The van der Waals surface area contributed by atoms with E-state index >= 15 is 0 Å². The molecule has 0 aromatic heterocycles. The summed E-state index contributed by atoms with van der Waals surface area (Å²) >= 11 is 11.9. The minimum Gasteiger partial charge on any atom is -0.495 e. The molecule has 0 unspecified atom stereocenters. The molecule has 0 saturated heterocycles. The van der Waals surface area contributed by atoms with Crippen LogP contribution in [0, 0.1) is 0 Å². The summed E-state index contributed by atoms with van der Waals surface area (Å²) in [6, 6.07) is 9.86. The first kappa shape index (κ1) is 20.1. The smallest absolute Gasteiger partial charge is 0.411 e. The van der Waals surface area contributed by atoms with Crippen LogP contribution in [0.4, 0.5) is 10.5 Å². The van der Waals surface area contributed by atoms with E-state index in [0.717, 1.165) is 5.56 Å². The maximum Gasteiger partial charge on any atom is 0.411 e. The van der Waals surface area contributed by atoms with E-state index in [-0.39, 0.29) is 18.3 Å². The quantitative estimate of drug-likeness (QED) is 0.666. The fourth-order valence-electron chi connectivity index (χ4n) is 2.27. The number of hydrogen-bond acceptors (Lipinski definition) is 4. The highest BCUT2D eigenvalue weighted by atomic mass is 35.5. The Morgan fingerprint density at radius 1 is 1.08 bits per heavy atom. The molecule has 0 saturated carbocycles. The zero-order chi connectivity index (χ0) is 19.3. The lowest BCUT2D eigenvalue weighted by Crippen LogP contribution is -2.18. The summed E-state index contributed by atoms with van der Waals surface area (Å²) in [5.41, 5.74) is 1.53. The van der Waals surface area contributed by atoms with E-state index < -0.39 is 6.09 Å². The van der Waals surface area contributed by atoms with Crippen molar-refractivity contribution in [1.29, 1.82) is 0 Å². The number of methoxy groups -OCH3 is 1. The zero-order valence-electron chi connectivity index (χ0n) is 14.6. The van der Waals surface area contributed by atoms with Crippen molar-refractivity contribution < 1.29 is 19.1 Å². The minimum atomic E-state index is -0.618. The second-order valence-corrected chi connectivity index (χ2v) is 6.66. The molecule has 7 heteroatoms. The molecule has 138 valence electrons. The first-order valence-corrected chi connectivity index (χ1v) is 8.68. The molecule has 0 spiro atoms. The van der Waals surface area contributed by atoms with Crippen molar-refractivity contribution in [3.8, 4) is 5.75 Å². The SMILES string of the molecule is COc1ccc(C(=O)Cc2ccc(Cl)c(Cl)c2)cc1NC(=O)OC(C)C. The summed E-state index contributed by atoms with van der Waals surface area (Å²) < 4.78 is 10.3. The third-order valence-electron chi connectivity index (χ3n) is 3.45. The maximum absolute atomic E-state index is 12.6. The topological polar surface area (TPSA) is 64.6 Å². The van der Waals surface area contributed by atoms with Crippen molar-refractivity contribution in [1.82, 2.24) is 0 Å². The van der Waals surface area contributed by atoms with Gasteiger partial charge in [-0.2, -0.15) is 0 Å². The van der Waals surface area contributed by atoms with Crippen LogP contribution >= 0.6 is 23.2 Å². The van der Waals surface area contributed by atoms with Crippen molar-refractivity contribution in [2.75, 3.05) is 12.4 Å². The first-order chi connectivity index (χ1) is 12.3. The van der Waals surface area contributed by atoms with Crippen LogP contribution in [0.1, 0.15) is 29.8 Å². The molecular weight excluding hydrogens is 377 g/mol. The molecule has 26 heavy (non-hydrogen) atoms. The van der Waals surface area contributed by atoms with Gasteiger partial charge in [0.2, 0.25) is 0 Å². The predicted molar refractivity (Wildman–Crippen MR) is 103 cm³/mol. The summed E-state index contributed by atoms with van der Waals surface area (Å²) in [6.07, 6.45) is -0.730. The molecule has 0 atom stereocenters. The Morgan fingerprint density at radius 3 is 2.42 bits per heavy atom. The normalized spacial score (nSPS) is 10.5. The average Bonchev–Trinajstić information content (AvgIpc) is 2.57. The molecule has 2 aromatic rings. The molecule has 0 aliphatic heterocycles. The van der Waals surface area contributed by atoms with E-state index in [1.165, 1.54) is 7.11 Å². The highest BCUT2D eigenvalue weighted by molar-refractivity contribution is 6.42. The average molecular weight is 396 g/mol. The molecule has 0 aliphatic carbocycles. The van der Waals surface area contributed by atoms with Crippen molar-refractivity contribution in [3.63, 3.8) is 0 Å². The molecule has 0 bridgehead atoms. The third-order valence-corrected chi connectivity index (χ3v) is 4.19. The highest BCUT2D eigenvalue weighted by Gasteiger charge is 2.14. The van der Waals surface area contributed by atoms with Crippen LogP contribution in [0.2, 0.25) is 10.0 Å². The zero-order valence-corrected chi connectivity index (χ0v) is 16.1. The molecule has 0 aliphatic rings. The summed E-state index contributed by atoms with van der Waals surface area (Å²) in [6.45, 7) is 3.49. The van der Waals surface area contributed by atoms with Crippen LogP contribution in [0.25, 0.3) is 0 Å². The number of benzene rings is 2. The second kappa shape index (κ2) is 8.92. The van der Waals surface area contributed by atoms with Crippen LogP contribution in [-0.2, 0) is 11.2 Å². The number of ether oxygens (including phenoxy) is 2. The molecule has 2 aromatic carbocycles. The van der Waals surface area contributed by atoms with E-state index in [4.69, 9.17) is 32.7 Å². The van der Waals surface area contributed by atoms with Crippen molar-refractivity contribution in [3.05, 3.63) is 57.6 Å². The number of carbonyl (C=O) groups excluding carboxylic acids is 2. The summed E-state index contributed by atoms with van der Waals surface area (Å²) in [4.78, 5) is 24.4. The van der Waals surface area contributed by atoms with Gasteiger partial charge in [0.05, 0.1) is 28.9 Å². The molecule has 2 rings (SSSR count). The van der Waals surface area contributed by atoms with Gasteiger partial charge in [-0.05, 0) is 49.7 Å². The Labute approximate surface area is 162 Å². The number of ketones is 1. The van der Waals surface area contributed by atoms with Crippen molar-refractivity contribution in [2.24, 2.45) is 0 Å². The summed E-state index contributed by atoms with van der Waals surface area (Å²) in [5.74, 6) is 0.295. The molecular formula is C19H19Cl2NO4. The molecule has 0 radical (unpaired) electrons. The van der Waals surface area contributed by atoms with Gasteiger partial charge in [0.1, 0.15) is 5.75 Å². The lowest BCUT2D eigenvalue weighted by molar-refractivity contribution is 0.0992. The largest absolute Gasteiger partial charge is 0.495 e. The van der Waals surface area contributed by atoms with Crippen LogP contribution in [0.3, 0.4) is 0 Å². The molecule has 5 nitrogen and oxygen atoms in total. The second-order valence-electron chi connectivity index (χ2n) is 5.84. The monoisotopic (exact) mass is 395 g/mol. The van der Waals surface area contributed by atoms with E-state index in [0.29, 0.717) is 27.0 Å². The number of Topliss-reactive ketones (excluding diaryl/α,β-unsaturated/α-hetero) is 1. The number of amides is 1. The van der Waals surface area contributed by atoms with Crippen molar-refractivity contribution >= 4 is 40.8 Å². The molecule has 0 fully saturated rings. The lowest BCUT2D eigenvalue weighted by Gasteiger charge is -2.13. The van der Waals surface area contributed by atoms with Crippen LogP contribution in [0.5, 0.6) is 5.75 Å². The minimum absolute atomic E-state index is 0.133. The van der Waals surface area contributed by atoms with Gasteiger partial charge in [0.15, 0.2) is 5.78 Å². The number of carbonyl (C=O) groups is 2. The molecule has 1 N–H and O–H groups in total. The highest BCUT2D eigenvalue weighted by Crippen LogP contribution is 2.27. The van der Waals surface area contributed by atoms with Gasteiger partial charge in [-0.3, -0.25) is 10.1 Å². The molecule has 1 amide bonds. The predicted octanol–water partition coefficient (Wildman–Crippen LogP) is 5.38. The van der Waals surface area contributed by atoms with Crippen LogP contribution in [-0.4, -0.2) is 25.1 Å². The van der Waals surface area contributed by atoms with E-state index in [1.54, 1.807) is 50.2 Å². The Balaban J connectivity index is 2.20. The third kappa shape index (κ3) is 5.38. The van der Waals surface area contributed by atoms with Gasteiger partial charge in [-0.1, -0.05) is 29.3 Å². The fraction of sp³-hybridized carbons (Fsp3) is 0.263. The van der Waals surface area contributed by atoms with Gasteiger partial charge in [-0.15, -0.1) is 0 Å². The van der Waals surface area contributed by atoms with Crippen LogP contribution < -0.4 is 10.1 Å². The number of halogens is 2. The Kier molecular flexibility index (Phi) is 6.89. The van der Waals surface area contributed by atoms with E-state index in [1.807, 2.05) is 0 Å². The van der Waals surface area contributed by atoms with Gasteiger partial charge in [-0.25, -0.2) is 4.79 Å². The number of rotatable bonds is 6. The van der Waals surface area contributed by atoms with Crippen LogP contribution in [0.15, 0.2) is 36.4 Å². The van der Waals surface area contributed by atoms with Gasteiger partial charge >= 0.3 is 6.09 Å². The number of hydrogen-bond donors (Lipinski definition) is 1. The van der Waals surface area contributed by atoms with E-state index in [2.05, 4.69) is 5.32 Å². The standard InChI is InChI=1S/C19H19Cl2NO4/c1-11(2)26-19(24)22-16-10-13(5-7-18(16)25-3)17(23)9-12-4-6-14(20)15(21)8-12/h4-8,10-11H,9H2,1-3H3,(H,22,24). The molecule has 0 heterocycles. The number of nitrogens with one attached hydrogen (secondary N) is 1. The van der Waals surface area contributed by atoms with Gasteiger partial charge in [0, 0.05) is 12.0 Å². The Morgan fingerprint density at radius 2 is 1.81 bits per heavy atom. The van der Waals surface area contributed by atoms with E-state index in [9.17, 15) is 9.59 Å². The lowest BCUT2D eigenvalue weighted by atomic mass is 10.0. The van der Waals surface area contributed by atoms with Gasteiger partial charge in [0.25, 0.3) is 0 Å². The van der Waals surface area contributed by atoms with Crippen molar-refractivity contribution in [2.45, 2.75) is 26.4 Å². The Bertz CT molecular complexity index is 821. The summed E-state index contributed by atoms with van der Waals surface area (Å²) in [7, 11) is 1.48. The fourth-order valence-corrected chi connectivity index (χ4v) is 2.59. The number of anilines is 1. The summed E-state index contributed by atoms with van der Waals surface area (Å²) in [5, 5.41) is 3.42.